The van der Waals surface area contributed by atoms with Crippen molar-refractivity contribution in [3.8, 4) is 0 Å². The van der Waals surface area contributed by atoms with E-state index < -0.39 is 11.0 Å². The molecular formula is C21H21NOS. The highest BCUT2D eigenvalue weighted by Gasteiger charge is 2.23. The monoisotopic (exact) mass is 335 g/mol. The summed E-state index contributed by atoms with van der Waals surface area (Å²) in [6, 6.07) is 30.1. The van der Waals surface area contributed by atoms with Crippen LogP contribution in [0.1, 0.15) is 24.1 Å². The lowest BCUT2D eigenvalue weighted by Gasteiger charge is -2.28. The zero-order chi connectivity index (χ0) is 16.8. The molecule has 0 heterocycles. The minimum atomic E-state index is -1.22. The lowest BCUT2D eigenvalue weighted by Crippen LogP contribution is -2.29. The van der Waals surface area contributed by atoms with Crippen molar-refractivity contribution in [2.75, 3.05) is 0 Å². The van der Waals surface area contributed by atoms with Gasteiger partial charge in [0.2, 0.25) is 0 Å². The van der Waals surface area contributed by atoms with Crippen molar-refractivity contribution in [1.29, 1.82) is 0 Å². The van der Waals surface area contributed by atoms with E-state index in [4.69, 9.17) is 0 Å². The SMILES string of the molecule is C[C@H](c1ccccc1)N(Cc1ccccc1)[S@](=O)c1ccccc1. The fourth-order valence-corrected chi connectivity index (χ4v) is 4.01. The Morgan fingerprint density at radius 1 is 0.792 bits per heavy atom. The first-order chi connectivity index (χ1) is 11.8. The normalized spacial score (nSPS) is 13.6. The van der Waals surface area contributed by atoms with Gasteiger partial charge in [-0.25, -0.2) is 8.51 Å². The summed E-state index contributed by atoms with van der Waals surface area (Å²) >= 11 is 0. The van der Waals surface area contributed by atoms with Crippen molar-refractivity contribution in [2.45, 2.75) is 24.4 Å². The van der Waals surface area contributed by atoms with Gasteiger partial charge in [0.1, 0.15) is 11.0 Å². The Morgan fingerprint density at radius 2 is 1.29 bits per heavy atom. The summed E-state index contributed by atoms with van der Waals surface area (Å²) in [6.07, 6.45) is 0. The van der Waals surface area contributed by atoms with Gasteiger partial charge in [0.05, 0.1) is 4.90 Å². The van der Waals surface area contributed by atoms with Crippen LogP contribution in [0.3, 0.4) is 0 Å². The lowest BCUT2D eigenvalue weighted by molar-refractivity contribution is 0.358. The molecule has 24 heavy (non-hydrogen) atoms. The van der Waals surface area contributed by atoms with Gasteiger partial charge in [-0.2, -0.15) is 0 Å². The van der Waals surface area contributed by atoms with Crippen molar-refractivity contribution in [1.82, 2.24) is 4.31 Å². The van der Waals surface area contributed by atoms with Crippen molar-refractivity contribution < 1.29 is 4.21 Å². The second-order valence-electron chi connectivity index (χ2n) is 5.71. The van der Waals surface area contributed by atoms with E-state index in [1.165, 1.54) is 0 Å². The molecule has 3 heteroatoms. The Hall–Kier alpha value is -2.23. The molecule has 0 saturated carbocycles. The van der Waals surface area contributed by atoms with Crippen LogP contribution in [0.4, 0.5) is 0 Å². The molecule has 0 N–H and O–H groups in total. The molecule has 0 spiro atoms. The first kappa shape index (κ1) is 16.6. The Balaban J connectivity index is 1.93. The molecule has 0 radical (unpaired) electrons. The van der Waals surface area contributed by atoms with Crippen LogP contribution >= 0.6 is 0 Å². The average molecular weight is 335 g/mol. The molecule has 0 fully saturated rings. The fourth-order valence-electron chi connectivity index (χ4n) is 2.67. The summed E-state index contributed by atoms with van der Waals surface area (Å²) in [5.74, 6) is 0. The standard InChI is InChI=1S/C21H21NOS/c1-18(20-13-7-3-8-14-20)22(17-19-11-5-2-6-12-19)24(23)21-15-9-4-10-16-21/h2-16,18H,17H2,1H3/t18-,24-/m1/s1. The average Bonchev–Trinajstić information content (AvgIpc) is 2.67. The third-order valence-corrected chi connectivity index (χ3v) is 5.60. The molecule has 0 aromatic heterocycles. The summed E-state index contributed by atoms with van der Waals surface area (Å²) in [4.78, 5) is 0.830. The van der Waals surface area contributed by atoms with Gasteiger partial charge in [0, 0.05) is 12.6 Å². The quantitative estimate of drug-likeness (QED) is 0.622. The molecule has 3 aromatic rings. The number of rotatable bonds is 6. The maximum atomic E-state index is 13.2. The zero-order valence-electron chi connectivity index (χ0n) is 13.7. The van der Waals surface area contributed by atoms with E-state index in [1.54, 1.807) is 0 Å². The predicted molar refractivity (Wildman–Crippen MR) is 99.7 cm³/mol. The van der Waals surface area contributed by atoms with Crippen molar-refractivity contribution in [2.24, 2.45) is 0 Å². The van der Waals surface area contributed by atoms with E-state index in [-0.39, 0.29) is 6.04 Å². The molecule has 2 atom stereocenters. The highest BCUT2D eigenvalue weighted by Crippen LogP contribution is 2.26. The fraction of sp³-hybridized carbons (Fsp3) is 0.143. The maximum absolute atomic E-state index is 13.2. The van der Waals surface area contributed by atoms with Crippen LogP contribution in [-0.4, -0.2) is 8.51 Å². The largest absolute Gasteiger partial charge is 0.237 e. The van der Waals surface area contributed by atoms with Crippen LogP contribution < -0.4 is 0 Å². The molecule has 0 bridgehead atoms. The Kier molecular flexibility index (Phi) is 5.57. The minimum Gasteiger partial charge on any atom is -0.237 e. The third-order valence-electron chi connectivity index (χ3n) is 4.05. The lowest BCUT2D eigenvalue weighted by atomic mass is 10.1. The topological polar surface area (TPSA) is 20.3 Å². The van der Waals surface area contributed by atoms with Crippen LogP contribution in [0.15, 0.2) is 95.9 Å². The third kappa shape index (κ3) is 3.99. The Labute approximate surface area is 146 Å². The summed E-state index contributed by atoms with van der Waals surface area (Å²) in [7, 11) is -1.22. The van der Waals surface area contributed by atoms with E-state index in [0.29, 0.717) is 6.54 Å². The second-order valence-corrected chi connectivity index (χ2v) is 7.15. The molecule has 0 saturated heterocycles. The van der Waals surface area contributed by atoms with Crippen molar-refractivity contribution in [3.63, 3.8) is 0 Å². The van der Waals surface area contributed by atoms with Gasteiger partial charge in [-0.05, 0) is 30.2 Å². The molecule has 0 aliphatic rings. The van der Waals surface area contributed by atoms with Crippen LogP contribution in [0.25, 0.3) is 0 Å². The van der Waals surface area contributed by atoms with Gasteiger partial charge < -0.3 is 0 Å². The van der Waals surface area contributed by atoms with Gasteiger partial charge >= 0.3 is 0 Å². The molecule has 3 rings (SSSR count). The first-order valence-electron chi connectivity index (χ1n) is 8.08. The van der Waals surface area contributed by atoms with Crippen molar-refractivity contribution in [3.05, 3.63) is 102 Å². The zero-order valence-corrected chi connectivity index (χ0v) is 14.5. The van der Waals surface area contributed by atoms with Gasteiger partial charge in [0.15, 0.2) is 0 Å². The van der Waals surface area contributed by atoms with E-state index in [9.17, 15) is 4.21 Å². The van der Waals surface area contributed by atoms with Crippen LogP contribution in [0, 0.1) is 0 Å². The number of benzene rings is 3. The molecule has 0 aliphatic carbocycles. The summed E-state index contributed by atoms with van der Waals surface area (Å²) in [5, 5.41) is 0. The Bertz CT molecular complexity index is 775. The molecule has 3 aromatic carbocycles. The van der Waals surface area contributed by atoms with Crippen molar-refractivity contribution >= 4 is 11.0 Å². The van der Waals surface area contributed by atoms with Crippen LogP contribution in [-0.2, 0) is 17.5 Å². The van der Waals surface area contributed by atoms with Gasteiger partial charge in [0.25, 0.3) is 0 Å². The highest BCUT2D eigenvalue weighted by atomic mass is 32.2. The molecule has 122 valence electrons. The molecule has 0 unspecified atom stereocenters. The highest BCUT2D eigenvalue weighted by molar-refractivity contribution is 7.82. The molecule has 0 aliphatic heterocycles. The van der Waals surface area contributed by atoms with E-state index in [0.717, 1.165) is 16.0 Å². The first-order valence-corrected chi connectivity index (χ1v) is 9.19. The number of hydrogen-bond acceptors (Lipinski definition) is 1. The van der Waals surface area contributed by atoms with Gasteiger partial charge in [-0.15, -0.1) is 0 Å². The number of hydrogen-bond donors (Lipinski definition) is 0. The summed E-state index contributed by atoms with van der Waals surface area (Å²) in [5.41, 5.74) is 2.32. The summed E-state index contributed by atoms with van der Waals surface area (Å²) in [6.45, 7) is 2.75. The number of nitrogens with zero attached hydrogens (tertiary/aromatic N) is 1. The van der Waals surface area contributed by atoms with Crippen LogP contribution in [0.5, 0.6) is 0 Å². The summed E-state index contributed by atoms with van der Waals surface area (Å²) < 4.78 is 15.2. The van der Waals surface area contributed by atoms with Gasteiger partial charge in [-0.1, -0.05) is 78.9 Å². The van der Waals surface area contributed by atoms with Gasteiger partial charge in [-0.3, -0.25) is 0 Å². The van der Waals surface area contributed by atoms with E-state index >= 15 is 0 Å². The molecular weight excluding hydrogens is 314 g/mol. The predicted octanol–water partition coefficient (Wildman–Crippen LogP) is 4.97. The molecule has 2 nitrogen and oxygen atoms in total. The maximum Gasteiger partial charge on any atom is 0.128 e. The van der Waals surface area contributed by atoms with E-state index in [2.05, 4.69) is 31.2 Å². The second kappa shape index (κ2) is 8.04. The van der Waals surface area contributed by atoms with E-state index in [1.807, 2.05) is 71.0 Å². The smallest absolute Gasteiger partial charge is 0.128 e. The minimum absolute atomic E-state index is 0.0486. The molecule has 0 amide bonds. The van der Waals surface area contributed by atoms with Crippen LogP contribution in [0.2, 0.25) is 0 Å². The Morgan fingerprint density at radius 3 is 1.88 bits per heavy atom.